The van der Waals surface area contributed by atoms with Gasteiger partial charge in [-0.3, -0.25) is 9.59 Å². The van der Waals surface area contributed by atoms with Gasteiger partial charge in [0.25, 0.3) is 5.91 Å². The summed E-state index contributed by atoms with van der Waals surface area (Å²) in [6.07, 6.45) is 8.77. The van der Waals surface area contributed by atoms with E-state index in [-0.39, 0.29) is 23.0 Å². The number of rotatable bonds is 4. The number of anilines is 1. The van der Waals surface area contributed by atoms with Gasteiger partial charge in [0.15, 0.2) is 5.60 Å². The standard InChI is InChI=1S/C35H45ClN4O7S/c1-37-48(44,45)38-33(42)35(43)19-32(41)39(2)16-5-4-8-30(46-3)27-12-9-24(27)20-40-21-34(22-47-31-14-10-25(35)18-29(31)40)15-6-7-23-17-26(36)11-13-28(23)34/h4,8,10-11,13-14,17-18,24,27,30,37,43H,5-7,9,12,15-16,19-22H2,1-3H3,(H,38,42)/b8-4-/t24-,27+,30-,34-,35+/m0/s1. The summed E-state index contributed by atoms with van der Waals surface area (Å²) in [4.78, 5) is 30.9. The number of hydrogen-bond acceptors (Lipinski definition) is 8. The third-order valence-corrected chi connectivity index (χ3v) is 12.0. The largest absolute Gasteiger partial charge is 0.490 e. The molecule has 0 aromatic heterocycles. The highest BCUT2D eigenvalue weighted by Crippen LogP contribution is 2.47. The van der Waals surface area contributed by atoms with Crippen LogP contribution in [0.4, 0.5) is 5.69 Å². The molecule has 0 saturated heterocycles. The fraction of sp³-hybridized carbons (Fsp3) is 0.543. The smallest absolute Gasteiger partial charge is 0.301 e. The van der Waals surface area contributed by atoms with Crippen molar-refractivity contribution in [3.05, 3.63) is 70.3 Å². The lowest BCUT2D eigenvalue weighted by molar-refractivity contribution is -0.148. The number of halogens is 1. The van der Waals surface area contributed by atoms with Crippen molar-refractivity contribution in [3.8, 4) is 5.75 Å². The Morgan fingerprint density at radius 3 is 2.73 bits per heavy atom. The number of fused-ring (bicyclic) bond motifs is 4. The molecule has 2 aliphatic heterocycles. The number of benzene rings is 2. The molecule has 3 N–H and O–H groups in total. The van der Waals surface area contributed by atoms with Crippen molar-refractivity contribution < 1.29 is 32.6 Å². The van der Waals surface area contributed by atoms with E-state index in [9.17, 15) is 23.1 Å². The van der Waals surface area contributed by atoms with Crippen LogP contribution in [0.25, 0.3) is 0 Å². The number of aliphatic hydroxyl groups is 1. The number of aryl methyl sites for hydroxylation is 1. The van der Waals surface area contributed by atoms with Crippen molar-refractivity contribution >= 4 is 39.3 Å². The van der Waals surface area contributed by atoms with Crippen LogP contribution in [0.1, 0.15) is 55.2 Å². The molecule has 1 spiro atoms. The monoisotopic (exact) mass is 700 g/mol. The Kier molecular flexibility index (Phi) is 9.85. The lowest BCUT2D eigenvalue weighted by Crippen LogP contribution is -2.51. The number of carbonyl (C=O) groups excluding carboxylic acids is 2. The molecule has 0 unspecified atom stereocenters. The molecule has 13 heteroatoms. The number of nitrogens with one attached hydrogen (secondary N) is 2. The molecule has 2 heterocycles. The maximum Gasteiger partial charge on any atom is 0.301 e. The first kappa shape index (κ1) is 34.7. The summed E-state index contributed by atoms with van der Waals surface area (Å²) >= 11 is 6.43. The first-order chi connectivity index (χ1) is 22.9. The summed E-state index contributed by atoms with van der Waals surface area (Å²) in [7, 11) is 0.200. The van der Waals surface area contributed by atoms with Crippen molar-refractivity contribution in [2.24, 2.45) is 11.8 Å². The van der Waals surface area contributed by atoms with E-state index in [0.29, 0.717) is 55.0 Å². The van der Waals surface area contributed by atoms with Crippen LogP contribution in [-0.2, 0) is 42.0 Å². The predicted molar refractivity (Wildman–Crippen MR) is 183 cm³/mol. The van der Waals surface area contributed by atoms with Crippen molar-refractivity contribution in [1.82, 2.24) is 14.3 Å². The topological polar surface area (TPSA) is 138 Å². The second kappa shape index (κ2) is 13.6. The number of carbonyl (C=O) groups is 2. The summed E-state index contributed by atoms with van der Waals surface area (Å²) in [6.45, 7) is 2.07. The Bertz CT molecular complexity index is 1700. The fourth-order valence-corrected chi connectivity index (χ4v) is 8.56. The molecule has 1 saturated carbocycles. The molecule has 2 aromatic carbocycles. The van der Waals surface area contributed by atoms with Crippen molar-refractivity contribution in [3.63, 3.8) is 0 Å². The number of hydrogen-bond donors (Lipinski definition) is 3. The van der Waals surface area contributed by atoms with Gasteiger partial charge in [-0.25, -0.2) is 9.44 Å². The fourth-order valence-electron chi connectivity index (χ4n) is 7.85. The molecule has 2 aromatic rings. The van der Waals surface area contributed by atoms with E-state index in [4.69, 9.17) is 21.1 Å². The van der Waals surface area contributed by atoms with Gasteiger partial charge in [0.05, 0.1) is 24.8 Å². The van der Waals surface area contributed by atoms with Crippen LogP contribution < -0.4 is 19.1 Å². The Balaban J connectivity index is 1.48. The maximum atomic E-state index is 13.7. The Labute approximate surface area is 287 Å². The van der Waals surface area contributed by atoms with Gasteiger partial charge in [-0.05, 0) is 91.3 Å². The van der Waals surface area contributed by atoms with Crippen LogP contribution >= 0.6 is 11.6 Å². The van der Waals surface area contributed by atoms with Crippen LogP contribution in [0.15, 0.2) is 48.6 Å². The molecule has 2 amide bonds. The first-order valence-electron chi connectivity index (χ1n) is 16.6. The molecule has 4 aliphatic rings. The first-order valence-corrected chi connectivity index (χ1v) is 18.5. The summed E-state index contributed by atoms with van der Waals surface area (Å²) < 4.78 is 41.3. The predicted octanol–water partition coefficient (Wildman–Crippen LogP) is 3.43. The van der Waals surface area contributed by atoms with Crippen LogP contribution in [0, 0.1) is 11.8 Å². The molecule has 6 rings (SSSR count). The van der Waals surface area contributed by atoms with Gasteiger partial charge in [-0.2, -0.15) is 8.42 Å². The third kappa shape index (κ3) is 6.69. The molecule has 2 bridgehead atoms. The Hall–Kier alpha value is -3.16. The average Bonchev–Trinajstić information content (AvgIpc) is 3.20. The van der Waals surface area contributed by atoms with Gasteiger partial charge in [0, 0.05) is 51.3 Å². The van der Waals surface area contributed by atoms with E-state index < -0.39 is 34.0 Å². The maximum absolute atomic E-state index is 13.7. The zero-order valence-electron chi connectivity index (χ0n) is 27.7. The van der Waals surface area contributed by atoms with Crippen LogP contribution in [-0.4, -0.2) is 83.8 Å². The zero-order chi connectivity index (χ0) is 34.3. The summed E-state index contributed by atoms with van der Waals surface area (Å²) in [5, 5.41) is 12.8. The van der Waals surface area contributed by atoms with Gasteiger partial charge in [0.2, 0.25) is 5.91 Å². The molecule has 1 fully saturated rings. The second-order valence-electron chi connectivity index (χ2n) is 13.7. The van der Waals surface area contributed by atoms with E-state index in [2.05, 4.69) is 17.0 Å². The number of nitrogens with zero attached hydrogens (tertiary/aromatic N) is 2. The lowest BCUT2D eigenvalue weighted by Gasteiger charge is -2.46. The SMILES string of the molecule is CNS(=O)(=O)NC(=O)[C@@]1(O)CC(=O)N(C)CC/C=C\[C@H](OC)[C@@H]2CC[C@H]2CN2C[C@@]3(CCCc4cc(Cl)ccc43)COc3ccc1cc32. The summed E-state index contributed by atoms with van der Waals surface area (Å²) in [6, 6.07) is 11.0. The Morgan fingerprint density at radius 2 is 2.00 bits per heavy atom. The highest BCUT2D eigenvalue weighted by atomic mass is 35.5. The molecule has 2 aliphatic carbocycles. The molecule has 0 radical (unpaired) electrons. The zero-order valence-corrected chi connectivity index (χ0v) is 29.3. The van der Waals surface area contributed by atoms with Crippen LogP contribution in [0.5, 0.6) is 5.75 Å². The van der Waals surface area contributed by atoms with E-state index in [0.717, 1.165) is 39.2 Å². The van der Waals surface area contributed by atoms with Crippen molar-refractivity contribution in [1.29, 1.82) is 0 Å². The van der Waals surface area contributed by atoms with E-state index in [1.54, 1.807) is 32.4 Å². The number of methoxy groups -OCH3 is 1. The van der Waals surface area contributed by atoms with E-state index in [1.165, 1.54) is 16.0 Å². The normalized spacial score (nSPS) is 29.9. The van der Waals surface area contributed by atoms with E-state index in [1.807, 2.05) is 27.7 Å². The van der Waals surface area contributed by atoms with Crippen molar-refractivity contribution in [2.45, 2.75) is 62.1 Å². The highest BCUT2D eigenvalue weighted by molar-refractivity contribution is 7.88. The molecule has 5 atom stereocenters. The van der Waals surface area contributed by atoms with Crippen molar-refractivity contribution in [2.75, 3.05) is 52.3 Å². The van der Waals surface area contributed by atoms with Crippen LogP contribution in [0.3, 0.4) is 0 Å². The number of ether oxygens (including phenoxy) is 2. The van der Waals surface area contributed by atoms with Crippen LogP contribution in [0.2, 0.25) is 5.02 Å². The van der Waals surface area contributed by atoms with Gasteiger partial charge < -0.3 is 24.4 Å². The molecule has 11 nitrogen and oxygen atoms in total. The Morgan fingerprint density at radius 1 is 1.19 bits per heavy atom. The molecular weight excluding hydrogens is 656 g/mol. The highest BCUT2D eigenvalue weighted by Gasteiger charge is 2.47. The average molecular weight is 701 g/mol. The third-order valence-electron chi connectivity index (χ3n) is 10.8. The second-order valence-corrected chi connectivity index (χ2v) is 15.8. The summed E-state index contributed by atoms with van der Waals surface area (Å²) in [5.41, 5.74) is 0.356. The minimum atomic E-state index is -4.28. The van der Waals surface area contributed by atoms with E-state index >= 15 is 0 Å². The summed E-state index contributed by atoms with van der Waals surface area (Å²) in [5.74, 6) is -0.559. The quantitative estimate of drug-likeness (QED) is 0.413. The molecule has 48 heavy (non-hydrogen) atoms. The van der Waals surface area contributed by atoms with Gasteiger partial charge in [-0.15, -0.1) is 0 Å². The number of amides is 2. The minimum absolute atomic E-state index is 0.0684. The van der Waals surface area contributed by atoms with Gasteiger partial charge in [-0.1, -0.05) is 35.9 Å². The molecule has 260 valence electrons. The van der Waals surface area contributed by atoms with Gasteiger partial charge >= 0.3 is 10.2 Å². The van der Waals surface area contributed by atoms with Gasteiger partial charge in [0.1, 0.15) is 5.75 Å². The molecular formula is C35H45ClN4O7S. The lowest BCUT2D eigenvalue weighted by atomic mass is 9.68. The minimum Gasteiger partial charge on any atom is -0.490 e.